The molecule has 1 aliphatic rings. The molecule has 0 bridgehead atoms. The van der Waals surface area contributed by atoms with Crippen LogP contribution in [0.25, 0.3) is 0 Å². The molecule has 4 nitrogen and oxygen atoms in total. The largest absolute Gasteiger partial charge is 0.463 e. The number of furan rings is 1. The Kier molecular flexibility index (Phi) is 6.83. The molecule has 2 rings (SSSR count). The second-order valence-electron chi connectivity index (χ2n) is 5.60. The van der Waals surface area contributed by atoms with Crippen LogP contribution in [0.4, 0.5) is 0 Å². The zero-order chi connectivity index (χ0) is 15.9. The van der Waals surface area contributed by atoms with Crippen molar-refractivity contribution in [2.75, 3.05) is 31.9 Å². The average molecular weight is 324 g/mol. The van der Waals surface area contributed by atoms with Crippen LogP contribution in [0, 0.1) is 0 Å². The second-order valence-corrected chi connectivity index (χ2v) is 6.79. The van der Waals surface area contributed by atoms with Crippen LogP contribution in [0.3, 0.4) is 0 Å². The standard InChI is InChI=1S/C17H28N2O2S/c1-4-14-8-9-15(21-14)17-19(16(20)10-13-22-17)12-7-11-18(5-2)6-3/h8-9,17H,4-7,10-13H2,1-3H3. The van der Waals surface area contributed by atoms with Gasteiger partial charge in [0.25, 0.3) is 0 Å². The summed E-state index contributed by atoms with van der Waals surface area (Å²) in [6, 6.07) is 4.07. The first-order valence-corrected chi connectivity index (χ1v) is 9.46. The van der Waals surface area contributed by atoms with Gasteiger partial charge < -0.3 is 14.2 Å². The zero-order valence-electron chi connectivity index (χ0n) is 14.0. The molecule has 1 saturated heterocycles. The maximum absolute atomic E-state index is 12.3. The van der Waals surface area contributed by atoms with Gasteiger partial charge in [0.15, 0.2) is 0 Å². The minimum atomic E-state index is 0.0539. The topological polar surface area (TPSA) is 36.7 Å². The van der Waals surface area contributed by atoms with Crippen molar-refractivity contribution in [3.05, 3.63) is 23.7 Å². The quantitative estimate of drug-likeness (QED) is 0.733. The van der Waals surface area contributed by atoms with Crippen molar-refractivity contribution >= 4 is 17.7 Å². The van der Waals surface area contributed by atoms with Gasteiger partial charge in [0.2, 0.25) is 5.91 Å². The third kappa shape index (κ3) is 4.29. The highest BCUT2D eigenvalue weighted by Crippen LogP contribution is 2.38. The van der Waals surface area contributed by atoms with Crippen molar-refractivity contribution in [1.29, 1.82) is 0 Å². The lowest BCUT2D eigenvalue weighted by molar-refractivity contribution is -0.132. The van der Waals surface area contributed by atoms with Crippen LogP contribution in [0.2, 0.25) is 0 Å². The lowest BCUT2D eigenvalue weighted by Gasteiger charge is -2.34. The fourth-order valence-corrected chi connectivity index (χ4v) is 4.03. The Balaban J connectivity index is 1.99. The Labute approximate surface area is 138 Å². The van der Waals surface area contributed by atoms with E-state index >= 15 is 0 Å². The Morgan fingerprint density at radius 2 is 2.09 bits per heavy atom. The first kappa shape index (κ1) is 17.4. The zero-order valence-corrected chi connectivity index (χ0v) is 14.8. The number of hydrogen-bond acceptors (Lipinski definition) is 4. The molecule has 0 radical (unpaired) electrons. The number of aryl methyl sites for hydroxylation is 1. The third-order valence-corrected chi connectivity index (χ3v) is 5.48. The average Bonchev–Trinajstić information content (AvgIpc) is 3.01. The molecule has 1 aromatic rings. The van der Waals surface area contributed by atoms with E-state index in [4.69, 9.17) is 4.42 Å². The summed E-state index contributed by atoms with van der Waals surface area (Å²) < 4.78 is 5.90. The number of nitrogens with zero attached hydrogens (tertiary/aromatic N) is 2. The lowest BCUT2D eigenvalue weighted by atomic mass is 10.2. The molecule has 2 heterocycles. The van der Waals surface area contributed by atoms with Gasteiger partial charge in [-0.2, -0.15) is 0 Å². The van der Waals surface area contributed by atoms with Crippen LogP contribution in [-0.4, -0.2) is 47.6 Å². The molecule has 0 spiro atoms. The summed E-state index contributed by atoms with van der Waals surface area (Å²) in [5, 5.41) is 0.0539. The third-order valence-electron chi connectivity index (χ3n) is 4.24. The molecule has 0 aliphatic carbocycles. The first-order valence-electron chi connectivity index (χ1n) is 8.41. The van der Waals surface area contributed by atoms with Crippen molar-refractivity contribution in [2.45, 2.75) is 45.4 Å². The molecule has 0 aromatic carbocycles. The van der Waals surface area contributed by atoms with Crippen molar-refractivity contribution in [3.8, 4) is 0 Å². The summed E-state index contributed by atoms with van der Waals surface area (Å²) in [6.45, 7) is 10.5. The highest BCUT2D eigenvalue weighted by Gasteiger charge is 2.31. The van der Waals surface area contributed by atoms with Gasteiger partial charge in [-0.1, -0.05) is 20.8 Å². The lowest BCUT2D eigenvalue weighted by Crippen LogP contribution is -2.39. The highest BCUT2D eigenvalue weighted by atomic mass is 32.2. The predicted octanol–water partition coefficient (Wildman–Crippen LogP) is 3.54. The van der Waals surface area contributed by atoms with Gasteiger partial charge in [-0.05, 0) is 38.2 Å². The number of rotatable bonds is 8. The first-order chi connectivity index (χ1) is 10.7. The Morgan fingerprint density at radius 1 is 1.32 bits per heavy atom. The van der Waals surface area contributed by atoms with Crippen molar-refractivity contribution in [1.82, 2.24) is 9.80 Å². The van der Waals surface area contributed by atoms with E-state index in [-0.39, 0.29) is 11.3 Å². The van der Waals surface area contributed by atoms with Crippen LogP contribution in [0.15, 0.2) is 16.5 Å². The molecule has 1 aliphatic heterocycles. The number of carbonyl (C=O) groups excluding carboxylic acids is 1. The van der Waals surface area contributed by atoms with E-state index in [1.54, 1.807) is 0 Å². The molecule has 1 unspecified atom stereocenters. The fourth-order valence-electron chi connectivity index (χ4n) is 2.82. The fraction of sp³-hybridized carbons (Fsp3) is 0.706. The number of carbonyl (C=O) groups is 1. The number of amides is 1. The van der Waals surface area contributed by atoms with Crippen LogP contribution in [0.5, 0.6) is 0 Å². The summed E-state index contributed by atoms with van der Waals surface area (Å²) >= 11 is 1.82. The van der Waals surface area contributed by atoms with E-state index in [1.165, 1.54) is 0 Å². The number of hydrogen-bond donors (Lipinski definition) is 0. The molecular formula is C17H28N2O2S. The molecule has 124 valence electrons. The van der Waals surface area contributed by atoms with E-state index in [9.17, 15) is 4.79 Å². The van der Waals surface area contributed by atoms with Gasteiger partial charge in [-0.15, -0.1) is 11.8 Å². The van der Waals surface area contributed by atoms with Crippen LogP contribution < -0.4 is 0 Å². The summed E-state index contributed by atoms with van der Waals surface area (Å²) in [5.74, 6) is 3.07. The van der Waals surface area contributed by atoms with E-state index in [0.717, 1.165) is 56.3 Å². The SMILES string of the molecule is CCc1ccc(C2SCCC(=O)N2CCCN(CC)CC)o1. The highest BCUT2D eigenvalue weighted by molar-refractivity contribution is 7.99. The van der Waals surface area contributed by atoms with Gasteiger partial charge in [-0.25, -0.2) is 0 Å². The van der Waals surface area contributed by atoms with Gasteiger partial charge >= 0.3 is 0 Å². The molecule has 22 heavy (non-hydrogen) atoms. The Bertz CT molecular complexity index is 471. The second kappa shape index (κ2) is 8.63. The van der Waals surface area contributed by atoms with Crippen LogP contribution in [-0.2, 0) is 11.2 Å². The number of thioether (sulfide) groups is 1. The van der Waals surface area contributed by atoms with E-state index in [2.05, 4.69) is 25.7 Å². The summed E-state index contributed by atoms with van der Waals surface area (Å²) in [4.78, 5) is 16.7. The molecule has 0 saturated carbocycles. The molecule has 1 fully saturated rings. The summed E-state index contributed by atoms with van der Waals surface area (Å²) in [5.41, 5.74) is 0. The molecule has 1 aromatic heterocycles. The minimum Gasteiger partial charge on any atom is -0.463 e. The Hall–Kier alpha value is -0.940. The molecule has 1 amide bonds. The van der Waals surface area contributed by atoms with Crippen molar-refractivity contribution < 1.29 is 9.21 Å². The van der Waals surface area contributed by atoms with Gasteiger partial charge in [0.1, 0.15) is 16.9 Å². The predicted molar refractivity (Wildman–Crippen MR) is 92.0 cm³/mol. The molecular weight excluding hydrogens is 296 g/mol. The van der Waals surface area contributed by atoms with Crippen molar-refractivity contribution in [3.63, 3.8) is 0 Å². The smallest absolute Gasteiger partial charge is 0.224 e. The van der Waals surface area contributed by atoms with E-state index in [1.807, 2.05) is 28.8 Å². The molecule has 0 N–H and O–H groups in total. The molecule has 5 heteroatoms. The minimum absolute atomic E-state index is 0.0539. The van der Waals surface area contributed by atoms with E-state index in [0.29, 0.717) is 6.42 Å². The normalized spacial score (nSPS) is 19.2. The monoisotopic (exact) mass is 324 g/mol. The van der Waals surface area contributed by atoms with Crippen LogP contribution >= 0.6 is 11.8 Å². The summed E-state index contributed by atoms with van der Waals surface area (Å²) in [6.07, 6.45) is 2.56. The maximum atomic E-state index is 12.3. The molecule has 1 atom stereocenters. The van der Waals surface area contributed by atoms with Gasteiger partial charge in [-0.3, -0.25) is 4.79 Å². The van der Waals surface area contributed by atoms with Gasteiger partial charge in [0.05, 0.1) is 0 Å². The van der Waals surface area contributed by atoms with Crippen molar-refractivity contribution in [2.24, 2.45) is 0 Å². The maximum Gasteiger partial charge on any atom is 0.224 e. The van der Waals surface area contributed by atoms with Gasteiger partial charge in [0, 0.05) is 25.1 Å². The Morgan fingerprint density at radius 3 is 2.73 bits per heavy atom. The van der Waals surface area contributed by atoms with E-state index < -0.39 is 0 Å². The van der Waals surface area contributed by atoms with Crippen LogP contribution in [0.1, 0.15) is 50.5 Å². The summed E-state index contributed by atoms with van der Waals surface area (Å²) in [7, 11) is 0.